The fourth-order valence-electron chi connectivity index (χ4n) is 1.48. The number of carbonyl (C=O) groups excluding carboxylic acids is 2. The second-order valence-electron chi connectivity index (χ2n) is 3.17. The van der Waals surface area contributed by atoms with Gasteiger partial charge < -0.3 is 4.74 Å². The summed E-state index contributed by atoms with van der Waals surface area (Å²) in [5.74, 6) is -4.18. The Hall–Kier alpha value is -1.78. The van der Waals surface area contributed by atoms with Crippen LogP contribution in [0.15, 0.2) is 18.2 Å². The summed E-state index contributed by atoms with van der Waals surface area (Å²) >= 11 is 0. The van der Waals surface area contributed by atoms with E-state index in [1.165, 1.54) is 0 Å². The van der Waals surface area contributed by atoms with Gasteiger partial charge in [-0.25, -0.2) is 8.78 Å². The van der Waals surface area contributed by atoms with Crippen LogP contribution in [0.1, 0.15) is 11.5 Å². The summed E-state index contributed by atoms with van der Waals surface area (Å²) < 4.78 is 30.5. The summed E-state index contributed by atoms with van der Waals surface area (Å²) in [7, 11) is 0. The third kappa shape index (κ3) is 1.60. The monoisotopic (exact) mass is 212 g/mol. The number of halogens is 2. The molecule has 1 aromatic rings. The highest BCUT2D eigenvalue weighted by Gasteiger charge is 2.38. The van der Waals surface area contributed by atoms with Crippen LogP contribution < -0.4 is 0 Å². The zero-order valence-electron chi connectivity index (χ0n) is 7.50. The minimum atomic E-state index is -1.32. The molecule has 0 spiro atoms. The number of hydrogen-bond acceptors (Lipinski definition) is 3. The molecule has 3 nitrogen and oxygen atoms in total. The van der Waals surface area contributed by atoms with Gasteiger partial charge in [0, 0.05) is 5.56 Å². The summed E-state index contributed by atoms with van der Waals surface area (Å²) in [5.41, 5.74) is -0.262. The summed E-state index contributed by atoms with van der Waals surface area (Å²) in [6.45, 7) is -0.376. The van der Waals surface area contributed by atoms with Gasteiger partial charge in [-0.05, 0) is 18.2 Å². The molecular formula is C10H6F2O3. The van der Waals surface area contributed by atoms with Crippen LogP contribution >= 0.6 is 0 Å². The zero-order valence-corrected chi connectivity index (χ0v) is 7.50. The molecule has 1 aliphatic rings. The molecule has 1 aliphatic heterocycles. The fraction of sp³-hybridized carbons (Fsp3) is 0.200. The number of esters is 1. The molecule has 78 valence electrons. The van der Waals surface area contributed by atoms with Crippen molar-refractivity contribution in [3.63, 3.8) is 0 Å². The predicted molar refractivity (Wildman–Crippen MR) is 45.1 cm³/mol. The number of ketones is 1. The standard InChI is InChI=1S/C10H6F2O3/c11-5-1-2-7(12)6(3-5)9-8(13)4-15-10(9)14/h1-3,9H,4H2. The van der Waals surface area contributed by atoms with Gasteiger partial charge in [0.05, 0.1) is 0 Å². The van der Waals surface area contributed by atoms with Crippen molar-refractivity contribution in [3.8, 4) is 0 Å². The van der Waals surface area contributed by atoms with Gasteiger partial charge in [0.15, 0.2) is 12.4 Å². The first-order valence-electron chi connectivity index (χ1n) is 4.24. The highest BCUT2D eigenvalue weighted by molar-refractivity contribution is 6.09. The van der Waals surface area contributed by atoms with Crippen molar-refractivity contribution in [1.29, 1.82) is 0 Å². The maximum absolute atomic E-state index is 13.2. The molecule has 1 unspecified atom stereocenters. The van der Waals surface area contributed by atoms with Gasteiger partial charge in [0.1, 0.15) is 17.6 Å². The van der Waals surface area contributed by atoms with Crippen molar-refractivity contribution in [2.75, 3.05) is 6.61 Å². The molecule has 2 rings (SSSR count). The van der Waals surface area contributed by atoms with Crippen molar-refractivity contribution < 1.29 is 23.1 Å². The van der Waals surface area contributed by atoms with E-state index in [4.69, 9.17) is 0 Å². The number of Topliss-reactive ketones (excluding diaryl/α,β-unsaturated/α-hetero) is 1. The van der Waals surface area contributed by atoms with Gasteiger partial charge in [-0.15, -0.1) is 0 Å². The van der Waals surface area contributed by atoms with E-state index in [0.717, 1.165) is 18.2 Å². The van der Waals surface area contributed by atoms with Crippen LogP contribution in [0, 0.1) is 11.6 Å². The molecular weight excluding hydrogens is 206 g/mol. The lowest BCUT2D eigenvalue weighted by atomic mass is 9.96. The van der Waals surface area contributed by atoms with Gasteiger partial charge in [0.25, 0.3) is 0 Å². The lowest BCUT2D eigenvalue weighted by molar-refractivity contribution is -0.139. The van der Waals surface area contributed by atoms with E-state index in [1.807, 2.05) is 0 Å². The Morgan fingerprint density at radius 1 is 1.27 bits per heavy atom. The summed E-state index contributed by atoms with van der Waals surface area (Å²) in [4.78, 5) is 22.3. The predicted octanol–water partition coefficient (Wildman–Crippen LogP) is 1.17. The summed E-state index contributed by atoms with van der Waals surface area (Å²) in [5, 5.41) is 0. The SMILES string of the molecule is O=C1COC(=O)C1c1cc(F)ccc1F. The number of hydrogen-bond donors (Lipinski definition) is 0. The lowest BCUT2D eigenvalue weighted by Gasteiger charge is -2.05. The maximum Gasteiger partial charge on any atom is 0.321 e. The van der Waals surface area contributed by atoms with Crippen LogP contribution in [0.3, 0.4) is 0 Å². The van der Waals surface area contributed by atoms with Crippen LogP contribution in [0.5, 0.6) is 0 Å². The molecule has 1 atom stereocenters. The molecule has 1 aromatic carbocycles. The Bertz CT molecular complexity index is 426. The Kier molecular flexibility index (Phi) is 2.22. The smallest absolute Gasteiger partial charge is 0.321 e. The van der Waals surface area contributed by atoms with E-state index in [9.17, 15) is 18.4 Å². The Morgan fingerprint density at radius 3 is 2.60 bits per heavy atom. The Morgan fingerprint density at radius 2 is 2.00 bits per heavy atom. The normalized spacial score (nSPS) is 20.5. The van der Waals surface area contributed by atoms with Crippen LogP contribution in [0.25, 0.3) is 0 Å². The minimum Gasteiger partial charge on any atom is -0.457 e. The topological polar surface area (TPSA) is 43.4 Å². The highest BCUT2D eigenvalue weighted by atomic mass is 19.1. The molecule has 5 heteroatoms. The van der Waals surface area contributed by atoms with Gasteiger partial charge >= 0.3 is 5.97 Å². The first kappa shape index (κ1) is 9.76. The van der Waals surface area contributed by atoms with Crippen LogP contribution in [-0.2, 0) is 14.3 Å². The van der Waals surface area contributed by atoms with Crippen molar-refractivity contribution in [1.82, 2.24) is 0 Å². The van der Waals surface area contributed by atoms with E-state index in [1.54, 1.807) is 0 Å². The van der Waals surface area contributed by atoms with Crippen molar-refractivity contribution in [2.24, 2.45) is 0 Å². The molecule has 0 aliphatic carbocycles. The number of carbonyl (C=O) groups is 2. The van der Waals surface area contributed by atoms with E-state index < -0.39 is 29.3 Å². The van der Waals surface area contributed by atoms with Crippen molar-refractivity contribution in [3.05, 3.63) is 35.4 Å². The van der Waals surface area contributed by atoms with Crippen LogP contribution in [-0.4, -0.2) is 18.4 Å². The molecule has 1 heterocycles. The van der Waals surface area contributed by atoms with Gasteiger partial charge in [0.2, 0.25) is 0 Å². The number of cyclic esters (lactones) is 1. The minimum absolute atomic E-state index is 0.262. The number of benzene rings is 1. The van der Waals surface area contributed by atoms with E-state index >= 15 is 0 Å². The lowest BCUT2D eigenvalue weighted by Crippen LogP contribution is -2.15. The third-order valence-electron chi connectivity index (χ3n) is 2.18. The number of rotatable bonds is 1. The van der Waals surface area contributed by atoms with Crippen LogP contribution in [0.2, 0.25) is 0 Å². The fourth-order valence-corrected chi connectivity index (χ4v) is 1.48. The maximum atomic E-state index is 13.2. The highest BCUT2D eigenvalue weighted by Crippen LogP contribution is 2.26. The number of ether oxygens (including phenoxy) is 1. The van der Waals surface area contributed by atoms with E-state index in [0.29, 0.717) is 0 Å². The summed E-state index contributed by atoms with van der Waals surface area (Å²) in [6, 6.07) is 2.64. The van der Waals surface area contributed by atoms with E-state index in [-0.39, 0.29) is 12.2 Å². The van der Waals surface area contributed by atoms with E-state index in [2.05, 4.69) is 4.74 Å². The summed E-state index contributed by atoms with van der Waals surface area (Å²) in [6.07, 6.45) is 0. The third-order valence-corrected chi connectivity index (χ3v) is 2.18. The molecule has 0 bridgehead atoms. The van der Waals surface area contributed by atoms with Gasteiger partial charge in [-0.3, -0.25) is 9.59 Å². The quantitative estimate of drug-likeness (QED) is 0.518. The second kappa shape index (κ2) is 3.42. The average Bonchev–Trinajstić information content (AvgIpc) is 2.51. The largest absolute Gasteiger partial charge is 0.457 e. The van der Waals surface area contributed by atoms with Crippen molar-refractivity contribution in [2.45, 2.75) is 5.92 Å². The molecule has 0 saturated carbocycles. The molecule has 0 amide bonds. The molecule has 0 radical (unpaired) electrons. The first-order chi connectivity index (χ1) is 7.09. The second-order valence-corrected chi connectivity index (χ2v) is 3.17. The average molecular weight is 212 g/mol. The molecule has 0 aromatic heterocycles. The molecule has 1 saturated heterocycles. The van der Waals surface area contributed by atoms with Gasteiger partial charge in [-0.2, -0.15) is 0 Å². The Labute approximate surface area is 83.7 Å². The molecule has 15 heavy (non-hydrogen) atoms. The first-order valence-corrected chi connectivity index (χ1v) is 4.24. The molecule has 0 N–H and O–H groups in total. The van der Waals surface area contributed by atoms with Crippen LogP contribution in [0.4, 0.5) is 8.78 Å². The Balaban J connectivity index is 2.48. The van der Waals surface area contributed by atoms with Crippen molar-refractivity contribution >= 4 is 11.8 Å². The molecule has 1 fully saturated rings. The van der Waals surface area contributed by atoms with Gasteiger partial charge in [-0.1, -0.05) is 0 Å². The zero-order chi connectivity index (χ0) is 11.0.